The Hall–Kier alpha value is -1.59. The lowest BCUT2D eigenvalue weighted by Gasteiger charge is -2.04. The quantitative estimate of drug-likeness (QED) is 0.468. The Morgan fingerprint density at radius 1 is 1.26 bits per heavy atom. The topological polar surface area (TPSA) is 34.0 Å². The van der Waals surface area contributed by atoms with Gasteiger partial charge in [0.05, 0.1) is 4.91 Å². The molecule has 0 atom stereocenters. The first-order valence-electron chi connectivity index (χ1n) is 8.02. The van der Waals surface area contributed by atoms with Crippen LogP contribution in [0.2, 0.25) is 0 Å². The van der Waals surface area contributed by atoms with E-state index in [4.69, 9.17) is 12.2 Å². The number of unbranched alkanes of at least 4 members (excludes halogenated alkanes) is 3. The smallest absolute Gasteiger partial charge is 0.263 e. The number of thiocarbonyl (C=S) groups is 1. The van der Waals surface area contributed by atoms with Gasteiger partial charge in [-0.1, -0.05) is 68.4 Å². The van der Waals surface area contributed by atoms with Gasteiger partial charge in [-0.05, 0) is 18.6 Å². The summed E-state index contributed by atoms with van der Waals surface area (Å²) in [6.07, 6.45) is 9.07. The normalized spacial score (nSPS) is 16.5. The average Bonchev–Trinajstić information content (AvgIpc) is 3.05. The van der Waals surface area contributed by atoms with Crippen molar-refractivity contribution in [3.8, 4) is 0 Å². The van der Waals surface area contributed by atoms with Gasteiger partial charge in [-0.15, -0.1) is 0 Å². The largest absolute Gasteiger partial charge is 0.347 e. The third-order valence-corrected chi connectivity index (χ3v) is 5.16. The van der Waals surface area contributed by atoms with Crippen molar-refractivity contribution in [2.75, 3.05) is 0 Å². The molecule has 0 bridgehead atoms. The van der Waals surface area contributed by atoms with Gasteiger partial charge >= 0.3 is 0 Å². The second-order valence-electron chi connectivity index (χ2n) is 5.71. The SMILES string of the molecule is CCCCCCn1cc(C=C2SC(=S)NC2=O)c2ccccc21. The molecular formula is C18H20N2OS2. The number of nitrogens with zero attached hydrogens (tertiary/aromatic N) is 1. The summed E-state index contributed by atoms with van der Waals surface area (Å²) in [4.78, 5) is 12.6. The second kappa shape index (κ2) is 7.32. The van der Waals surface area contributed by atoms with Crippen molar-refractivity contribution in [2.24, 2.45) is 0 Å². The zero-order valence-corrected chi connectivity index (χ0v) is 14.8. The highest BCUT2D eigenvalue weighted by Gasteiger charge is 2.22. The third kappa shape index (κ3) is 3.67. The van der Waals surface area contributed by atoms with Gasteiger partial charge in [-0.3, -0.25) is 4.79 Å². The Labute approximate surface area is 146 Å². The fraction of sp³-hybridized carbons (Fsp3) is 0.333. The first kappa shape index (κ1) is 16.3. The van der Waals surface area contributed by atoms with Gasteiger partial charge in [-0.25, -0.2) is 0 Å². The summed E-state index contributed by atoms with van der Waals surface area (Å²) in [6, 6.07) is 8.36. The minimum Gasteiger partial charge on any atom is -0.347 e. The van der Waals surface area contributed by atoms with Crippen LogP contribution in [-0.2, 0) is 11.3 Å². The molecule has 1 aliphatic heterocycles. The summed E-state index contributed by atoms with van der Waals surface area (Å²) in [5.41, 5.74) is 2.31. The van der Waals surface area contributed by atoms with Crippen LogP contribution in [0.1, 0.15) is 38.2 Å². The maximum absolute atomic E-state index is 11.9. The number of hydrogen-bond donors (Lipinski definition) is 1. The second-order valence-corrected chi connectivity index (χ2v) is 7.43. The summed E-state index contributed by atoms with van der Waals surface area (Å²) in [5.74, 6) is -0.0974. The molecule has 5 heteroatoms. The Morgan fingerprint density at radius 3 is 2.83 bits per heavy atom. The van der Waals surface area contributed by atoms with Gasteiger partial charge in [0.1, 0.15) is 4.32 Å². The molecule has 0 unspecified atom stereocenters. The maximum atomic E-state index is 11.9. The van der Waals surface area contributed by atoms with Crippen molar-refractivity contribution in [3.05, 3.63) is 40.9 Å². The molecule has 2 aromatic rings. The summed E-state index contributed by atoms with van der Waals surface area (Å²) in [6.45, 7) is 3.24. The van der Waals surface area contributed by atoms with Crippen LogP contribution in [-0.4, -0.2) is 14.8 Å². The number of aryl methyl sites for hydroxylation is 1. The number of amides is 1. The van der Waals surface area contributed by atoms with Gasteiger partial charge in [0, 0.05) is 29.2 Å². The van der Waals surface area contributed by atoms with E-state index < -0.39 is 0 Å². The lowest BCUT2D eigenvalue weighted by Crippen LogP contribution is -2.17. The highest BCUT2D eigenvalue weighted by molar-refractivity contribution is 8.26. The van der Waals surface area contributed by atoms with Gasteiger partial charge in [0.15, 0.2) is 0 Å². The molecule has 0 saturated carbocycles. The van der Waals surface area contributed by atoms with Crippen LogP contribution < -0.4 is 5.32 Å². The summed E-state index contributed by atoms with van der Waals surface area (Å²) in [5, 5.41) is 3.85. The molecule has 1 aromatic heterocycles. The molecule has 0 radical (unpaired) electrons. The third-order valence-electron chi connectivity index (χ3n) is 4.00. The zero-order chi connectivity index (χ0) is 16.2. The monoisotopic (exact) mass is 344 g/mol. The van der Waals surface area contributed by atoms with E-state index in [1.54, 1.807) is 0 Å². The number of fused-ring (bicyclic) bond motifs is 1. The van der Waals surface area contributed by atoms with E-state index in [0.29, 0.717) is 9.23 Å². The lowest BCUT2D eigenvalue weighted by atomic mass is 10.1. The van der Waals surface area contributed by atoms with Crippen molar-refractivity contribution in [1.29, 1.82) is 0 Å². The Balaban J connectivity index is 1.90. The Morgan fingerprint density at radius 2 is 2.09 bits per heavy atom. The number of rotatable bonds is 6. The lowest BCUT2D eigenvalue weighted by molar-refractivity contribution is -0.115. The van der Waals surface area contributed by atoms with Crippen molar-refractivity contribution in [2.45, 2.75) is 39.2 Å². The van der Waals surface area contributed by atoms with E-state index in [1.165, 1.54) is 48.3 Å². The zero-order valence-electron chi connectivity index (χ0n) is 13.2. The Kier molecular flexibility index (Phi) is 5.18. The molecule has 1 amide bonds. The summed E-state index contributed by atoms with van der Waals surface area (Å²) < 4.78 is 2.83. The minimum absolute atomic E-state index is 0.0974. The molecule has 23 heavy (non-hydrogen) atoms. The van der Waals surface area contributed by atoms with Crippen LogP contribution in [0.4, 0.5) is 0 Å². The van der Waals surface area contributed by atoms with E-state index in [-0.39, 0.29) is 5.91 Å². The molecule has 0 aliphatic carbocycles. The first-order valence-corrected chi connectivity index (χ1v) is 9.24. The molecule has 1 aliphatic rings. The molecule has 3 nitrogen and oxygen atoms in total. The Bertz CT molecular complexity index is 776. The van der Waals surface area contributed by atoms with Crippen LogP contribution in [0.5, 0.6) is 0 Å². The van der Waals surface area contributed by atoms with Crippen molar-refractivity contribution in [3.63, 3.8) is 0 Å². The molecule has 1 aromatic carbocycles. The first-order chi connectivity index (χ1) is 11.2. The fourth-order valence-electron chi connectivity index (χ4n) is 2.85. The minimum atomic E-state index is -0.0974. The number of benzene rings is 1. The summed E-state index contributed by atoms with van der Waals surface area (Å²) >= 11 is 6.39. The van der Waals surface area contributed by atoms with E-state index in [9.17, 15) is 4.79 Å². The van der Waals surface area contributed by atoms with Crippen molar-refractivity contribution < 1.29 is 4.79 Å². The maximum Gasteiger partial charge on any atom is 0.263 e. The van der Waals surface area contributed by atoms with Gasteiger partial charge in [-0.2, -0.15) is 0 Å². The number of aromatic nitrogens is 1. The van der Waals surface area contributed by atoms with E-state index >= 15 is 0 Å². The molecule has 2 heterocycles. The van der Waals surface area contributed by atoms with E-state index in [1.807, 2.05) is 12.1 Å². The van der Waals surface area contributed by atoms with Gasteiger partial charge in [0.2, 0.25) is 0 Å². The van der Waals surface area contributed by atoms with Crippen LogP contribution in [0, 0.1) is 0 Å². The highest BCUT2D eigenvalue weighted by atomic mass is 32.2. The molecule has 1 saturated heterocycles. The van der Waals surface area contributed by atoms with Crippen molar-refractivity contribution in [1.82, 2.24) is 9.88 Å². The van der Waals surface area contributed by atoms with Gasteiger partial charge < -0.3 is 9.88 Å². The predicted octanol–water partition coefficient (Wildman–Crippen LogP) is 4.71. The number of carbonyl (C=O) groups is 1. The number of hydrogen-bond acceptors (Lipinski definition) is 3. The number of carbonyl (C=O) groups excluding carboxylic acids is 1. The van der Waals surface area contributed by atoms with Crippen LogP contribution in [0.25, 0.3) is 17.0 Å². The molecule has 120 valence electrons. The number of para-hydroxylation sites is 1. The molecular weight excluding hydrogens is 324 g/mol. The molecule has 0 spiro atoms. The standard InChI is InChI=1S/C18H20N2OS2/c1-2-3-4-7-10-20-12-13(14-8-5-6-9-15(14)20)11-16-17(21)19-18(22)23-16/h5-6,8-9,11-12H,2-4,7,10H2,1H3,(H,19,21,22). The molecule has 1 N–H and O–H groups in total. The van der Waals surface area contributed by atoms with Crippen molar-refractivity contribution >= 4 is 51.2 Å². The van der Waals surface area contributed by atoms with Crippen LogP contribution in [0.3, 0.4) is 0 Å². The number of nitrogens with one attached hydrogen (secondary N) is 1. The van der Waals surface area contributed by atoms with E-state index in [2.05, 4.69) is 41.2 Å². The van der Waals surface area contributed by atoms with Crippen LogP contribution >= 0.6 is 24.0 Å². The average molecular weight is 345 g/mol. The van der Waals surface area contributed by atoms with E-state index in [0.717, 1.165) is 12.1 Å². The summed E-state index contributed by atoms with van der Waals surface area (Å²) in [7, 11) is 0. The highest BCUT2D eigenvalue weighted by Crippen LogP contribution is 2.30. The van der Waals surface area contributed by atoms with Crippen LogP contribution in [0.15, 0.2) is 35.4 Å². The fourth-order valence-corrected chi connectivity index (χ4v) is 3.88. The molecule has 1 fully saturated rings. The predicted molar refractivity (Wildman–Crippen MR) is 102 cm³/mol. The van der Waals surface area contributed by atoms with Gasteiger partial charge in [0.25, 0.3) is 5.91 Å². The molecule has 3 rings (SSSR count). The number of thioether (sulfide) groups is 1.